The molecule has 0 aliphatic carbocycles. The molecule has 4 nitrogen and oxygen atoms in total. The van der Waals surface area contributed by atoms with E-state index in [0.29, 0.717) is 0 Å². The molecule has 1 aromatic heterocycles. The van der Waals surface area contributed by atoms with Gasteiger partial charge in [-0.05, 0) is 49.2 Å². The van der Waals surface area contributed by atoms with Gasteiger partial charge in [-0.1, -0.05) is 6.92 Å². The van der Waals surface area contributed by atoms with Crippen molar-refractivity contribution in [3.63, 3.8) is 0 Å². The van der Waals surface area contributed by atoms with E-state index < -0.39 is 0 Å². The lowest BCUT2D eigenvalue weighted by Crippen LogP contribution is -2.36. The summed E-state index contributed by atoms with van der Waals surface area (Å²) >= 11 is 3.74. The Balaban J connectivity index is 2.28. The molecule has 0 spiro atoms. The summed E-state index contributed by atoms with van der Waals surface area (Å²) in [6.45, 7) is 7.94. The molecule has 0 radical (unpaired) electrons. The summed E-state index contributed by atoms with van der Waals surface area (Å²) < 4.78 is 8.98. The second kappa shape index (κ2) is 6.37. The minimum atomic E-state index is 0.217. The molecule has 1 unspecified atom stereocenters. The number of ether oxygens (including phenoxy) is 1. The molecule has 108 valence electrons. The quantitative estimate of drug-likeness (QED) is 0.871. The molecule has 1 atom stereocenters. The fraction of sp³-hybridized carbons (Fsp3) is 0.786. The van der Waals surface area contributed by atoms with E-state index in [0.717, 1.165) is 51.3 Å². The van der Waals surface area contributed by atoms with E-state index >= 15 is 0 Å². The van der Waals surface area contributed by atoms with E-state index in [1.807, 2.05) is 7.05 Å². The first-order chi connectivity index (χ1) is 9.15. The molecule has 0 aromatic carbocycles. The van der Waals surface area contributed by atoms with Gasteiger partial charge in [0.2, 0.25) is 0 Å². The predicted octanol–water partition coefficient (Wildman–Crippen LogP) is 2.40. The lowest BCUT2D eigenvalue weighted by Gasteiger charge is -2.27. The number of aryl methyl sites for hydroxylation is 2. The van der Waals surface area contributed by atoms with Crippen LogP contribution in [0, 0.1) is 5.41 Å². The number of halogens is 1. The van der Waals surface area contributed by atoms with Crippen molar-refractivity contribution < 1.29 is 4.74 Å². The fourth-order valence-electron chi connectivity index (χ4n) is 2.91. The highest BCUT2D eigenvalue weighted by molar-refractivity contribution is 9.10. The topological polar surface area (TPSA) is 39.1 Å². The van der Waals surface area contributed by atoms with E-state index in [1.165, 1.54) is 10.2 Å². The summed E-state index contributed by atoms with van der Waals surface area (Å²) in [4.78, 5) is 0. The zero-order valence-corrected chi connectivity index (χ0v) is 13.7. The molecular weight excluding hydrogens is 306 g/mol. The SMILES string of the molecule is CCc1nn(CC)c(CC2(CNC)CCOC2)c1Br. The monoisotopic (exact) mass is 329 g/mol. The highest BCUT2D eigenvalue weighted by Gasteiger charge is 2.36. The molecular formula is C14H24BrN3O. The van der Waals surface area contributed by atoms with Gasteiger partial charge in [-0.3, -0.25) is 4.68 Å². The third-order valence-electron chi connectivity index (χ3n) is 3.97. The van der Waals surface area contributed by atoms with Gasteiger partial charge in [-0.2, -0.15) is 5.10 Å². The Kier molecular flexibility index (Phi) is 5.03. The van der Waals surface area contributed by atoms with Crippen LogP contribution < -0.4 is 5.32 Å². The maximum atomic E-state index is 5.65. The third kappa shape index (κ3) is 3.03. The van der Waals surface area contributed by atoms with E-state index in [1.54, 1.807) is 0 Å². The Hall–Kier alpha value is -0.390. The van der Waals surface area contributed by atoms with Gasteiger partial charge < -0.3 is 10.1 Å². The predicted molar refractivity (Wildman–Crippen MR) is 80.5 cm³/mol. The summed E-state index contributed by atoms with van der Waals surface area (Å²) in [6.07, 6.45) is 3.11. The third-order valence-corrected chi connectivity index (χ3v) is 4.89. The van der Waals surface area contributed by atoms with Gasteiger partial charge in [0.05, 0.1) is 22.5 Å². The molecule has 1 aliphatic heterocycles. The van der Waals surface area contributed by atoms with Crippen LogP contribution in [0.5, 0.6) is 0 Å². The van der Waals surface area contributed by atoms with Crippen LogP contribution in [-0.2, 0) is 24.1 Å². The van der Waals surface area contributed by atoms with Crippen molar-refractivity contribution >= 4 is 15.9 Å². The van der Waals surface area contributed by atoms with Crippen LogP contribution in [0.4, 0.5) is 0 Å². The second-order valence-electron chi connectivity index (χ2n) is 5.39. The maximum Gasteiger partial charge on any atom is 0.0766 e. The minimum Gasteiger partial charge on any atom is -0.381 e. The van der Waals surface area contributed by atoms with Gasteiger partial charge in [0.25, 0.3) is 0 Å². The minimum absolute atomic E-state index is 0.217. The van der Waals surface area contributed by atoms with Crippen LogP contribution in [-0.4, -0.2) is 36.6 Å². The van der Waals surface area contributed by atoms with Crippen molar-refractivity contribution in [2.45, 2.75) is 39.7 Å². The number of rotatable bonds is 6. The Morgan fingerprint density at radius 1 is 1.47 bits per heavy atom. The molecule has 1 aromatic rings. The summed E-state index contributed by atoms with van der Waals surface area (Å²) in [5, 5.41) is 8.01. The zero-order valence-electron chi connectivity index (χ0n) is 12.1. The second-order valence-corrected chi connectivity index (χ2v) is 6.18. The normalized spacial score (nSPS) is 23.2. The summed E-state index contributed by atoms with van der Waals surface area (Å²) in [5.41, 5.74) is 2.70. The fourth-order valence-corrected chi connectivity index (χ4v) is 3.61. The molecule has 5 heteroatoms. The van der Waals surface area contributed by atoms with Crippen LogP contribution >= 0.6 is 15.9 Å². The molecule has 0 bridgehead atoms. The molecule has 2 rings (SSSR count). The largest absolute Gasteiger partial charge is 0.381 e. The average molecular weight is 330 g/mol. The van der Waals surface area contributed by atoms with Gasteiger partial charge in [0.1, 0.15) is 0 Å². The smallest absolute Gasteiger partial charge is 0.0766 e. The zero-order chi connectivity index (χ0) is 13.9. The van der Waals surface area contributed by atoms with Crippen LogP contribution in [0.2, 0.25) is 0 Å². The van der Waals surface area contributed by atoms with Crippen LogP contribution in [0.1, 0.15) is 31.7 Å². The van der Waals surface area contributed by atoms with Crippen molar-refractivity contribution in [1.29, 1.82) is 0 Å². The molecule has 0 saturated carbocycles. The Morgan fingerprint density at radius 2 is 2.26 bits per heavy atom. The van der Waals surface area contributed by atoms with E-state index in [2.05, 4.69) is 44.9 Å². The van der Waals surface area contributed by atoms with Crippen molar-refractivity contribution in [3.05, 3.63) is 15.9 Å². The Bertz CT molecular complexity index is 425. The van der Waals surface area contributed by atoms with Crippen molar-refractivity contribution in [1.82, 2.24) is 15.1 Å². The van der Waals surface area contributed by atoms with Gasteiger partial charge in [0, 0.05) is 25.1 Å². The van der Waals surface area contributed by atoms with E-state index in [9.17, 15) is 0 Å². The maximum absolute atomic E-state index is 5.65. The van der Waals surface area contributed by atoms with Crippen LogP contribution in [0.3, 0.4) is 0 Å². The van der Waals surface area contributed by atoms with Crippen LogP contribution in [0.25, 0.3) is 0 Å². The van der Waals surface area contributed by atoms with Crippen LogP contribution in [0.15, 0.2) is 4.47 Å². The number of nitrogens with zero attached hydrogens (tertiary/aromatic N) is 2. The number of hydrogen-bond donors (Lipinski definition) is 1. The van der Waals surface area contributed by atoms with Crippen molar-refractivity contribution in [2.75, 3.05) is 26.8 Å². The highest BCUT2D eigenvalue weighted by Crippen LogP contribution is 2.35. The molecule has 1 saturated heterocycles. The number of nitrogens with one attached hydrogen (secondary N) is 1. The first kappa shape index (κ1) is 15.0. The standard InChI is InChI=1S/C14H24BrN3O/c1-4-11-13(15)12(18(5-2)17-11)8-14(9-16-3)6-7-19-10-14/h16H,4-10H2,1-3H3. The molecule has 1 fully saturated rings. The number of hydrogen-bond acceptors (Lipinski definition) is 3. The summed E-state index contributed by atoms with van der Waals surface area (Å²) in [6, 6.07) is 0. The first-order valence-corrected chi connectivity index (χ1v) is 7.91. The molecule has 1 N–H and O–H groups in total. The molecule has 19 heavy (non-hydrogen) atoms. The first-order valence-electron chi connectivity index (χ1n) is 7.12. The number of aromatic nitrogens is 2. The van der Waals surface area contributed by atoms with Crippen molar-refractivity contribution in [3.8, 4) is 0 Å². The van der Waals surface area contributed by atoms with Gasteiger partial charge >= 0.3 is 0 Å². The van der Waals surface area contributed by atoms with E-state index in [-0.39, 0.29) is 5.41 Å². The lowest BCUT2D eigenvalue weighted by atomic mass is 9.82. The van der Waals surface area contributed by atoms with Gasteiger partial charge in [0.15, 0.2) is 0 Å². The highest BCUT2D eigenvalue weighted by atomic mass is 79.9. The molecule has 2 heterocycles. The summed E-state index contributed by atoms with van der Waals surface area (Å²) in [5.74, 6) is 0. The van der Waals surface area contributed by atoms with E-state index in [4.69, 9.17) is 4.74 Å². The Morgan fingerprint density at radius 3 is 2.79 bits per heavy atom. The van der Waals surface area contributed by atoms with Gasteiger partial charge in [-0.15, -0.1) is 0 Å². The van der Waals surface area contributed by atoms with Crippen molar-refractivity contribution in [2.24, 2.45) is 5.41 Å². The summed E-state index contributed by atoms with van der Waals surface area (Å²) in [7, 11) is 2.02. The molecule has 1 aliphatic rings. The molecule has 0 amide bonds. The van der Waals surface area contributed by atoms with Gasteiger partial charge in [-0.25, -0.2) is 0 Å². The average Bonchev–Trinajstić information content (AvgIpc) is 2.97. The lowest BCUT2D eigenvalue weighted by molar-refractivity contribution is 0.149. The Labute approximate surface area is 124 Å².